The third-order valence-electron chi connectivity index (χ3n) is 10.0. The average Bonchev–Trinajstić information content (AvgIpc) is 3.16. The highest BCUT2D eigenvalue weighted by Gasteiger charge is 2.46. The predicted molar refractivity (Wildman–Crippen MR) is 220 cm³/mol. The Bertz CT molecular complexity index is 1140. The highest BCUT2D eigenvalue weighted by Crippen LogP contribution is 2.24. The number of aliphatic hydroxyl groups is 3. The number of esters is 2. The van der Waals surface area contributed by atoms with E-state index in [2.05, 4.69) is 38.2 Å². The summed E-state index contributed by atoms with van der Waals surface area (Å²) in [6.07, 6.45) is 26.5. The second-order valence-electron chi connectivity index (χ2n) is 15.4. The first-order chi connectivity index (χ1) is 27.0. The van der Waals surface area contributed by atoms with E-state index in [-0.39, 0.29) is 19.4 Å². The van der Waals surface area contributed by atoms with Crippen LogP contribution in [0.5, 0.6) is 0 Å². The Hall–Kier alpha value is -1.87. The first-order valence-electron chi connectivity index (χ1n) is 21.9. The van der Waals surface area contributed by atoms with Crippen LogP contribution in [0.15, 0.2) is 24.3 Å². The van der Waals surface area contributed by atoms with Gasteiger partial charge < -0.3 is 34.3 Å². The van der Waals surface area contributed by atoms with Gasteiger partial charge in [0.05, 0.1) is 6.61 Å². The number of allylic oxidation sites excluding steroid dienone is 4. The van der Waals surface area contributed by atoms with E-state index in [4.69, 9.17) is 18.9 Å². The van der Waals surface area contributed by atoms with Gasteiger partial charge in [0, 0.05) is 12.8 Å². The molecule has 0 amide bonds. The van der Waals surface area contributed by atoms with Crippen LogP contribution in [-0.2, 0) is 38.7 Å². The smallest absolute Gasteiger partial charge is 0.306 e. The summed E-state index contributed by atoms with van der Waals surface area (Å²) in [5.41, 5.74) is 0. The van der Waals surface area contributed by atoms with Crippen molar-refractivity contribution in [3.8, 4) is 0 Å². The van der Waals surface area contributed by atoms with Crippen molar-refractivity contribution < 1.29 is 56.8 Å². The molecule has 0 bridgehead atoms. The molecule has 0 aromatic rings. The molecule has 1 fully saturated rings. The molecule has 0 aromatic carbocycles. The summed E-state index contributed by atoms with van der Waals surface area (Å²) in [5.74, 6) is -1.99. The van der Waals surface area contributed by atoms with E-state index in [0.29, 0.717) is 12.8 Å². The van der Waals surface area contributed by atoms with Gasteiger partial charge >= 0.3 is 11.9 Å². The highest BCUT2D eigenvalue weighted by atomic mass is 32.2. The molecule has 2 unspecified atom stereocenters. The third kappa shape index (κ3) is 28.5. The number of aliphatic hydroxyl groups excluding tert-OH is 3. The minimum atomic E-state index is -4.60. The van der Waals surface area contributed by atoms with Gasteiger partial charge in [0.2, 0.25) is 0 Å². The molecule has 1 aliphatic rings. The van der Waals surface area contributed by atoms with Crippen molar-refractivity contribution in [1.29, 1.82) is 0 Å². The summed E-state index contributed by atoms with van der Waals surface area (Å²) in [5, 5.41) is 30.8. The molecule has 1 aliphatic heterocycles. The maximum absolute atomic E-state index is 12.8. The van der Waals surface area contributed by atoms with Crippen LogP contribution >= 0.6 is 0 Å². The van der Waals surface area contributed by atoms with Crippen molar-refractivity contribution >= 4 is 22.1 Å². The number of hydrogen-bond acceptors (Lipinski definition) is 11. The first kappa shape index (κ1) is 52.1. The molecule has 0 radical (unpaired) electrons. The lowest BCUT2D eigenvalue weighted by atomic mass is 10.00. The molecule has 56 heavy (non-hydrogen) atoms. The van der Waals surface area contributed by atoms with Gasteiger partial charge in [-0.25, -0.2) is 0 Å². The van der Waals surface area contributed by atoms with Crippen molar-refractivity contribution in [1.82, 2.24) is 0 Å². The zero-order valence-corrected chi connectivity index (χ0v) is 35.6. The number of carbonyl (C=O) groups is 2. The van der Waals surface area contributed by atoms with Crippen LogP contribution in [0.4, 0.5) is 0 Å². The first-order valence-corrected chi connectivity index (χ1v) is 23.5. The van der Waals surface area contributed by atoms with Gasteiger partial charge in [0.1, 0.15) is 36.8 Å². The molecule has 0 aliphatic carbocycles. The van der Waals surface area contributed by atoms with Gasteiger partial charge in [0.15, 0.2) is 12.4 Å². The van der Waals surface area contributed by atoms with E-state index in [1.54, 1.807) is 0 Å². The third-order valence-corrected chi connectivity index (χ3v) is 10.8. The van der Waals surface area contributed by atoms with Gasteiger partial charge in [-0.1, -0.05) is 134 Å². The molecule has 1 rings (SSSR count). The van der Waals surface area contributed by atoms with E-state index in [9.17, 15) is 37.9 Å². The lowest BCUT2D eigenvalue weighted by molar-refractivity contribution is -0.297. The topological polar surface area (TPSA) is 186 Å². The minimum Gasteiger partial charge on any atom is -0.462 e. The Morgan fingerprint density at radius 2 is 1.04 bits per heavy atom. The Kier molecular flexibility index (Phi) is 31.7. The van der Waals surface area contributed by atoms with E-state index in [1.807, 2.05) is 0 Å². The van der Waals surface area contributed by atoms with Crippen LogP contribution in [0.3, 0.4) is 0 Å². The van der Waals surface area contributed by atoms with Gasteiger partial charge in [-0.15, -0.1) is 0 Å². The lowest BCUT2D eigenvalue weighted by Gasteiger charge is -2.40. The SMILES string of the molecule is CCCC/C=C/CCCCCCCCCCCC(=O)OC[C@H](CO[C@H]1O[C@H](CS(=O)(=O)O)[C@@H](O)C(O)C1O)OC(=O)CCCCCCC/C=C/CCCCCC. The number of carbonyl (C=O) groups excluding carboxylic acids is 2. The molecule has 0 spiro atoms. The summed E-state index contributed by atoms with van der Waals surface area (Å²) < 4.78 is 54.0. The van der Waals surface area contributed by atoms with E-state index in [1.165, 1.54) is 83.5 Å². The van der Waals surface area contributed by atoms with Crippen LogP contribution < -0.4 is 0 Å². The summed E-state index contributed by atoms with van der Waals surface area (Å²) >= 11 is 0. The lowest BCUT2D eigenvalue weighted by Crippen LogP contribution is -2.60. The van der Waals surface area contributed by atoms with Crippen LogP contribution in [0, 0.1) is 0 Å². The van der Waals surface area contributed by atoms with Gasteiger partial charge in [0.25, 0.3) is 10.1 Å². The van der Waals surface area contributed by atoms with E-state index < -0.39 is 71.2 Å². The number of ether oxygens (including phenoxy) is 4. The number of hydrogen-bond donors (Lipinski definition) is 4. The number of unbranched alkanes of at least 4 members (excludes halogenated alkanes) is 20. The van der Waals surface area contributed by atoms with Crippen molar-refractivity contribution in [2.75, 3.05) is 19.0 Å². The molecule has 4 N–H and O–H groups in total. The van der Waals surface area contributed by atoms with Crippen LogP contribution in [0.25, 0.3) is 0 Å². The van der Waals surface area contributed by atoms with Crippen LogP contribution in [-0.4, -0.2) is 96.0 Å². The fraction of sp³-hybridized carbons (Fsp3) is 0.860. The molecule has 1 heterocycles. The minimum absolute atomic E-state index is 0.155. The van der Waals surface area contributed by atoms with Gasteiger partial charge in [-0.05, 0) is 57.8 Å². The quantitative estimate of drug-likeness (QED) is 0.0205. The van der Waals surface area contributed by atoms with Crippen LogP contribution in [0.2, 0.25) is 0 Å². The molecular weight excluding hydrogens is 741 g/mol. The molecule has 12 nitrogen and oxygen atoms in total. The van der Waals surface area contributed by atoms with Crippen molar-refractivity contribution in [2.45, 2.75) is 218 Å². The Labute approximate surface area is 338 Å². The Balaban J connectivity index is 2.46. The zero-order valence-electron chi connectivity index (χ0n) is 34.7. The van der Waals surface area contributed by atoms with Crippen LogP contribution in [0.1, 0.15) is 181 Å². The summed E-state index contributed by atoms with van der Waals surface area (Å²) in [4.78, 5) is 25.3. The normalized spacial score (nSPS) is 20.9. The highest BCUT2D eigenvalue weighted by molar-refractivity contribution is 7.85. The maximum atomic E-state index is 12.8. The summed E-state index contributed by atoms with van der Waals surface area (Å²) in [6, 6.07) is 0. The van der Waals surface area contributed by atoms with Crippen molar-refractivity contribution in [2.24, 2.45) is 0 Å². The average molecular weight is 819 g/mol. The molecule has 13 heteroatoms. The largest absolute Gasteiger partial charge is 0.462 e. The Morgan fingerprint density at radius 3 is 1.54 bits per heavy atom. The molecule has 328 valence electrons. The predicted octanol–water partition coefficient (Wildman–Crippen LogP) is 8.45. The van der Waals surface area contributed by atoms with E-state index >= 15 is 0 Å². The standard InChI is InChI=1S/C43H78O12S/c1-3-5-7-9-11-13-15-17-18-20-21-23-25-27-29-31-38(44)52-33-36(34-53-43-42(48)41(47)40(46)37(55-43)35-56(49,50)51)54-39(45)32-30-28-26-24-22-19-16-14-12-10-8-6-4-2/h9,11,14,16,36-37,40-43,46-48H,3-8,10,12-13,15,17-35H2,1-2H3,(H,49,50,51)/b11-9+,16-14+/t36-,37-,40-,41?,42?,43+/m1/s1. The van der Waals surface area contributed by atoms with Gasteiger partial charge in [-0.2, -0.15) is 8.42 Å². The van der Waals surface area contributed by atoms with Crippen molar-refractivity contribution in [3.05, 3.63) is 24.3 Å². The fourth-order valence-electron chi connectivity index (χ4n) is 6.53. The fourth-order valence-corrected chi connectivity index (χ4v) is 7.22. The second kappa shape index (κ2) is 34.0. The maximum Gasteiger partial charge on any atom is 0.306 e. The Morgan fingerprint density at radius 1 is 0.589 bits per heavy atom. The molecular formula is C43H78O12S. The van der Waals surface area contributed by atoms with Gasteiger partial charge in [-0.3, -0.25) is 14.1 Å². The number of rotatable bonds is 36. The second-order valence-corrected chi connectivity index (χ2v) is 16.9. The molecule has 6 atom stereocenters. The van der Waals surface area contributed by atoms with Crippen molar-refractivity contribution in [3.63, 3.8) is 0 Å². The summed E-state index contributed by atoms with van der Waals surface area (Å²) in [6.45, 7) is 3.70. The molecule has 0 saturated carbocycles. The molecule has 1 saturated heterocycles. The monoisotopic (exact) mass is 819 g/mol. The zero-order chi connectivity index (χ0) is 41.3. The molecule has 0 aromatic heterocycles. The summed E-state index contributed by atoms with van der Waals surface area (Å²) in [7, 11) is -4.60. The van der Waals surface area contributed by atoms with E-state index in [0.717, 1.165) is 57.8 Å².